The highest BCUT2D eigenvalue weighted by molar-refractivity contribution is 6.41. The lowest BCUT2D eigenvalue weighted by atomic mass is 9.90. The van der Waals surface area contributed by atoms with E-state index < -0.39 is 12.4 Å². The number of amides is 1. The number of carbonyl (C=O) groups is 1. The molecular formula is C30H32ClFN4O3. The van der Waals surface area contributed by atoms with Gasteiger partial charge in [-0.15, -0.1) is 0 Å². The molecule has 9 heteroatoms. The summed E-state index contributed by atoms with van der Waals surface area (Å²) in [7, 11) is 1.66. The summed E-state index contributed by atoms with van der Waals surface area (Å²) in [6.07, 6.45) is 1.80. The van der Waals surface area contributed by atoms with Crippen LogP contribution in [0.1, 0.15) is 12.5 Å². The van der Waals surface area contributed by atoms with Crippen molar-refractivity contribution in [2.75, 3.05) is 53.0 Å². The van der Waals surface area contributed by atoms with E-state index >= 15 is 4.39 Å². The monoisotopic (exact) mass is 550 g/mol. The Morgan fingerprint density at radius 3 is 2.59 bits per heavy atom. The zero-order valence-corrected chi connectivity index (χ0v) is 22.9. The molecule has 39 heavy (non-hydrogen) atoms. The smallest absolute Gasteiger partial charge is 0.248 e. The van der Waals surface area contributed by atoms with Gasteiger partial charge >= 0.3 is 0 Å². The fraction of sp³-hybridized carbons (Fsp3) is 0.333. The Kier molecular flexibility index (Phi) is 7.88. The maximum atomic E-state index is 16.7. The minimum atomic E-state index is -0.536. The first-order valence-corrected chi connectivity index (χ1v) is 13.4. The Morgan fingerprint density at radius 1 is 1.18 bits per heavy atom. The van der Waals surface area contributed by atoms with Gasteiger partial charge in [-0.25, -0.2) is 9.38 Å². The third kappa shape index (κ3) is 5.24. The molecule has 2 aromatic rings. The number of ether oxygens (including phenoxy) is 1. The van der Waals surface area contributed by atoms with Gasteiger partial charge in [-0.3, -0.25) is 4.79 Å². The molecule has 3 aliphatic rings. The molecule has 204 valence electrons. The van der Waals surface area contributed by atoms with Crippen molar-refractivity contribution in [3.05, 3.63) is 88.6 Å². The molecule has 0 unspecified atom stereocenters. The summed E-state index contributed by atoms with van der Waals surface area (Å²) in [4.78, 5) is 22.2. The van der Waals surface area contributed by atoms with Gasteiger partial charge in [0, 0.05) is 50.1 Å². The van der Waals surface area contributed by atoms with Crippen LogP contribution in [0, 0.1) is 0 Å². The first-order chi connectivity index (χ1) is 18.8. The molecule has 0 bridgehead atoms. The lowest BCUT2D eigenvalue weighted by Crippen LogP contribution is -2.59. The number of aliphatic hydroxyl groups excluding tert-OH is 1. The molecule has 0 atom stereocenters. The number of morpholine rings is 1. The Bertz CT molecular complexity index is 1430. The number of rotatable bonds is 6. The van der Waals surface area contributed by atoms with E-state index in [0.29, 0.717) is 67.0 Å². The normalized spacial score (nSPS) is 20.7. The summed E-state index contributed by atoms with van der Waals surface area (Å²) in [5.41, 5.74) is 2.65. The van der Waals surface area contributed by atoms with Crippen molar-refractivity contribution in [3.63, 3.8) is 0 Å². The highest BCUT2D eigenvalue weighted by Crippen LogP contribution is 2.41. The van der Waals surface area contributed by atoms with E-state index in [-0.39, 0.29) is 17.7 Å². The molecule has 5 rings (SSSR count). The number of benzene rings is 2. The lowest BCUT2D eigenvalue weighted by molar-refractivity contribution is -0.137. The number of hydrogen-bond acceptors (Lipinski definition) is 6. The van der Waals surface area contributed by atoms with E-state index in [2.05, 4.69) is 11.5 Å². The maximum absolute atomic E-state index is 16.7. The number of aliphatic hydroxyl groups is 1. The predicted octanol–water partition coefficient (Wildman–Crippen LogP) is 4.31. The van der Waals surface area contributed by atoms with E-state index in [0.717, 1.165) is 16.5 Å². The van der Waals surface area contributed by atoms with Crippen molar-refractivity contribution in [2.24, 2.45) is 4.99 Å². The second-order valence-electron chi connectivity index (χ2n) is 9.90. The molecule has 2 fully saturated rings. The van der Waals surface area contributed by atoms with Gasteiger partial charge in [-0.05, 0) is 29.3 Å². The number of likely N-dealkylation sites (tertiary alicyclic amines) is 1. The van der Waals surface area contributed by atoms with E-state index in [1.165, 1.54) is 4.90 Å². The zero-order valence-electron chi connectivity index (χ0n) is 22.2. The van der Waals surface area contributed by atoms with Crippen molar-refractivity contribution in [1.29, 1.82) is 0 Å². The molecule has 0 spiro atoms. The van der Waals surface area contributed by atoms with Crippen molar-refractivity contribution < 1.29 is 19.0 Å². The van der Waals surface area contributed by atoms with Crippen LogP contribution < -0.4 is 0 Å². The van der Waals surface area contributed by atoms with Crippen LogP contribution in [0.2, 0.25) is 0 Å². The quantitative estimate of drug-likeness (QED) is 0.580. The summed E-state index contributed by atoms with van der Waals surface area (Å²) in [6, 6.07) is 13.5. The second kappa shape index (κ2) is 11.3. The van der Waals surface area contributed by atoms with Crippen molar-refractivity contribution in [3.8, 4) is 0 Å². The third-order valence-corrected chi connectivity index (χ3v) is 7.97. The molecule has 1 N–H and O–H groups in total. The number of likely N-dealkylation sites (N-methyl/N-ethyl adjacent to an activating group) is 1. The molecule has 0 radical (unpaired) electrons. The fourth-order valence-electron chi connectivity index (χ4n) is 5.18. The Hall–Kier alpha value is -3.46. The summed E-state index contributed by atoms with van der Waals surface area (Å²) >= 11 is 6.83. The van der Waals surface area contributed by atoms with Gasteiger partial charge in [0.25, 0.3) is 0 Å². The van der Waals surface area contributed by atoms with E-state index in [9.17, 15) is 4.79 Å². The molecule has 7 nitrogen and oxygen atoms in total. The molecular weight excluding hydrogens is 519 g/mol. The number of fused-ring (bicyclic) bond motifs is 1. The van der Waals surface area contributed by atoms with Gasteiger partial charge in [-0.2, -0.15) is 0 Å². The molecule has 2 aliphatic heterocycles. The van der Waals surface area contributed by atoms with Crippen LogP contribution in [0.3, 0.4) is 0 Å². The van der Waals surface area contributed by atoms with Crippen LogP contribution in [-0.4, -0.2) is 90.5 Å². The summed E-state index contributed by atoms with van der Waals surface area (Å²) < 4.78 is 22.2. The Balaban J connectivity index is 1.56. The standard InChI is InChI=1S/C30H32ClFN4O3/c1-19(35-11-13-39-14-12-35)25-15-26(31)28(24-10-6-8-21-7-4-5-9-23(21)24)29(32)30(25)33-20(2)36-16-22(17-36)34(3)27(38)18-37/h4-10,15,22,37H,2,11-14,16-18H2,1,3H3/b25-19+,33-30+. The number of aliphatic imine (C=N–C) groups is 1. The molecule has 1 amide bonds. The Morgan fingerprint density at radius 2 is 1.87 bits per heavy atom. The summed E-state index contributed by atoms with van der Waals surface area (Å²) in [6.45, 7) is 9.10. The van der Waals surface area contributed by atoms with Gasteiger partial charge in [0.1, 0.15) is 18.1 Å². The van der Waals surface area contributed by atoms with Gasteiger partial charge in [-0.1, -0.05) is 60.6 Å². The SMILES string of the molecule is C=C(/N=C1/C(F)=C(c2cccc3ccccc23)C(Cl)=C/C1=C(/C)N1CCOCC1)N1CC(N(C)C(=O)CO)C1. The lowest BCUT2D eigenvalue weighted by Gasteiger charge is -2.45. The minimum absolute atomic E-state index is 0.0703. The number of allylic oxidation sites excluding steroid dienone is 6. The minimum Gasteiger partial charge on any atom is -0.387 e. The average Bonchev–Trinajstić information content (AvgIpc) is 2.93. The van der Waals surface area contributed by atoms with Crippen molar-refractivity contribution in [1.82, 2.24) is 14.7 Å². The molecule has 2 heterocycles. The number of carbonyl (C=O) groups excluding carboxylic acids is 1. The second-order valence-corrected chi connectivity index (χ2v) is 10.3. The van der Waals surface area contributed by atoms with Crippen molar-refractivity contribution in [2.45, 2.75) is 13.0 Å². The zero-order chi connectivity index (χ0) is 27.7. The first kappa shape index (κ1) is 27.1. The molecule has 2 aromatic carbocycles. The van der Waals surface area contributed by atoms with E-state index in [4.69, 9.17) is 26.4 Å². The number of hydrogen-bond donors (Lipinski definition) is 1. The number of halogens is 2. The van der Waals surface area contributed by atoms with Gasteiger partial charge < -0.3 is 24.5 Å². The third-order valence-electron chi connectivity index (χ3n) is 7.67. The van der Waals surface area contributed by atoms with Crippen LogP contribution in [0.5, 0.6) is 0 Å². The summed E-state index contributed by atoms with van der Waals surface area (Å²) in [5.74, 6) is -0.451. The van der Waals surface area contributed by atoms with Gasteiger partial charge in [0.15, 0.2) is 5.83 Å². The highest BCUT2D eigenvalue weighted by Gasteiger charge is 2.34. The van der Waals surface area contributed by atoms with E-state index in [1.54, 1.807) is 13.1 Å². The van der Waals surface area contributed by atoms with Gasteiger partial charge in [0.2, 0.25) is 5.91 Å². The molecule has 0 aromatic heterocycles. The largest absolute Gasteiger partial charge is 0.387 e. The molecule has 1 aliphatic carbocycles. The molecule has 0 saturated carbocycles. The van der Waals surface area contributed by atoms with E-state index in [1.807, 2.05) is 54.3 Å². The number of nitrogens with zero attached hydrogens (tertiary/aromatic N) is 4. The Labute approximate surface area is 232 Å². The predicted molar refractivity (Wildman–Crippen MR) is 153 cm³/mol. The van der Waals surface area contributed by atoms with Crippen LogP contribution in [0.15, 0.2) is 88.1 Å². The van der Waals surface area contributed by atoms with Crippen LogP contribution in [0.4, 0.5) is 4.39 Å². The van der Waals surface area contributed by atoms with Crippen LogP contribution >= 0.6 is 11.6 Å². The fourth-order valence-corrected chi connectivity index (χ4v) is 5.47. The topological polar surface area (TPSA) is 68.6 Å². The van der Waals surface area contributed by atoms with Crippen LogP contribution in [-0.2, 0) is 9.53 Å². The first-order valence-electron chi connectivity index (χ1n) is 13.0. The van der Waals surface area contributed by atoms with Crippen molar-refractivity contribution >= 4 is 39.6 Å². The van der Waals surface area contributed by atoms with Crippen LogP contribution in [0.25, 0.3) is 16.3 Å². The maximum Gasteiger partial charge on any atom is 0.248 e. The summed E-state index contributed by atoms with van der Waals surface area (Å²) in [5, 5.41) is 11.4. The average molecular weight is 551 g/mol. The van der Waals surface area contributed by atoms with Gasteiger partial charge in [0.05, 0.1) is 24.3 Å². The highest BCUT2D eigenvalue weighted by atomic mass is 35.5. The molecule has 2 saturated heterocycles.